The van der Waals surface area contributed by atoms with Gasteiger partial charge in [-0.15, -0.1) is 0 Å². The topological polar surface area (TPSA) is 107 Å². The second kappa shape index (κ2) is 13.3. The van der Waals surface area contributed by atoms with E-state index < -0.39 is 22.5 Å². The maximum atomic E-state index is 13.4. The van der Waals surface area contributed by atoms with Gasteiger partial charge in [0.25, 0.3) is 15.9 Å². The van der Waals surface area contributed by atoms with Gasteiger partial charge < -0.3 is 14.2 Å². The number of amides is 1. The number of hydrogen-bond donors (Lipinski definition) is 1. The van der Waals surface area contributed by atoms with Gasteiger partial charge in [-0.3, -0.25) is 9.10 Å². The molecule has 0 aliphatic rings. The Kier molecular flexibility index (Phi) is 9.91. The van der Waals surface area contributed by atoms with Crippen molar-refractivity contribution in [3.8, 4) is 17.2 Å². The van der Waals surface area contributed by atoms with Crippen LogP contribution >= 0.6 is 0 Å². The van der Waals surface area contributed by atoms with Crippen molar-refractivity contribution in [2.24, 2.45) is 5.10 Å². The molecule has 0 heterocycles. The highest BCUT2D eigenvalue weighted by Crippen LogP contribution is 2.28. The molecule has 37 heavy (non-hydrogen) atoms. The van der Waals surface area contributed by atoms with Crippen LogP contribution in [0.4, 0.5) is 5.69 Å². The van der Waals surface area contributed by atoms with E-state index >= 15 is 0 Å². The van der Waals surface area contributed by atoms with Crippen molar-refractivity contribution in [1.82, 2.24) is 5.43 Å². The van der Waals surface area contributed by atoms with Crippen LogP contribution in [0.5, 0.6) is 17.2 Å². The first-order valence-corrected chi connectivity index (χ1v) is 13.3. The highest BCUT2D eigenvalue weighted by Gasteiger charge is 2.27. The average Bonchev–Trinajstić information content (AvgIpc) is 2.92. The maximum Gasteiger partial charge on any atom is 0.264 e. The number of rotatable bonds is 13. The van der Waals surface area contributed by atoms with Crippen LogP contribution in [0.25, 0.3) is 0 Å². The summed E-state index contributed by atoms with van der Waals surface area (Å²) >= 11 is 0. The SMILES string of the molecule is CCCOc1ccc(/C=N\NC(=O)CN(c2ccccc2)S(=O)(=O)c2ccc(OC)cc2)cc1OCC. The predicted octanol–water partition coefficient (Wildman–Crippen LogP) is 4.23. The molecule has 3 aromatic carbocycles. The lowest BCUT2D eigenvalue weighted by molar-refractivity contribution is -0.119. The van der Waals surface area contributed by atoms with E-state index in [9.17, 15) is 13.2 Å². The van der Waals surface area contributed by atoms with E-state index in [0.717, 1.165) is 10.7 Å². The number of sulfonamides is 1. The van der Waals surface area contributed by atoms with Crippen molar-refractivity contribution in [2.75, 3.05) is 31.2 Å². The van der Waals surface area contributed by atoms with Gasteiger partial charge >= 0.3 is 0 Å². The number of carbonyl (C=O) groups excluding carboxylic acids is 1. The molecule has 10 heteroatoms. The van der Waals surface area contributed by atoms with Gasteiger partial charge in [-0.1, -0.05) is 25.1 Å². The number of para-hydroxylation sites is 1. The quantitative estimate of drug-likeness (QED) is 0.264. The summed E-state index contributed by atoms with van der Waals surface area (Å²) < 4.78 is 44.3. The first-order valence-electron chi connectivity index (χ1n) is 11.8. The molecule has 0 spiro atoms. The Hall–Kier alpha value is -4.05. The van der Waals surface area contributed by atoms with Crippen LogP contribution in [-0.4, -0.2) is 47.4 Å². The van der Waals surface area contributed by atoms with Gasteiger partial charge in [-0.2, -0.15) is 5.10 Å². The number of benzene rings is 3. The van der Waals surface area contributed by atoms with E-state index in [1.807, 2.05) is 13.8 Å². The van der Waals surface area contributed by atoms with Gasteiger partial charge in [0.05, 0.1) is 37.1 Å². The van der Waals surface area contributed by atoms with E-state index in [-0.39, 0.29) is 4.90 Å². The summed E-state index contributed by atoms with van der Waals surface area (Å²) in [6, 6.07) is 19.7. The van der Waals surface area contributed by atoms with Crippen molar-refractivity contribution in [2.45, 2.75) is 25.2 Å². The first-order chi connectivity index (χ1) is 17.9. The monoisotopic (exact) mass is 525 g/mol. The third-order valence-corrected chi connectivity index (χ3v) is 6.90. The number of ether oxygens (including phenoxy) is 3. The molecule has 0 radical (unpaired) electrons. The summed E-state index contributed by atoms with van der Waals surface area (Å²) in [4.78, 5) is 12.8. The Morgan fingerprint density at radius 3 is 2.35 bits per heavy atom. The number of carbonyl (C=O) groups is 1. The van der Waals surface area contributed by atoms with Crippen molar-refractivity contribution in [3.05, 3.63) is 78.4 Å². The zero-order chi connectivity index (χ0) is 26.7. The molecule has 0 aliphatic carbocycles. The third kappa shape index (κ3) is 7.47. The Bertz CT molecular complexity index is 1300. The summed E-state index contributed by atoms with van der Waals surface area (Å²) in [6.45, 7) is 4.47. The van der Waals surface area contributed by atoms with Crippen LogP contribution in [-0.2, 0) is 14.8 Å². The second-order valence-corrected chi connectivity index (χ2v) is 9.67. The molecule has 1 amide bonds. The molecule has 3 aromatic rings. The standard InChI is InChI=1S/C27H31N3O6S/c1-4-17-36-25-16-11-21(18-26(25)35-5-2)19-28-29-27(31)20-30(22-9-7-6-8-10-22)37(32,33)24-14-12-23(34-3)13-15-24/h6-16,18-19H,4-5,17,20H2,1-3H3,(H,29,31)/b28-19-. The number of hydrazone groups is 1. The largest absolute Gasteiger partial charge is 0.497 e. The summed E-state index contributed by atoms with van der Waals surface area (Å²) in [5, 5.41) is 4.00. The fourth-order valence-corrected chi connectivity index (χ4v) is 4.75. The zero-order valence-corrected chi connectivity index (χ0v) is 21.9. The molecule has 0 unspecified atom stereocenters. The minimum atomic E-state index is -4.04. The highest BCUT2D eigenvalue weighted by atomic mass is 32.2. The van der Waals surface area contributed by atoms with Gasteiger partial charge in [0, 0.05) is 0 Å². The summed E-state index contributed by atoms with van der Waals surface area (Å²) in [5.41, 5.74) is 3.43. The van der Waals surface area contributed by atoms with Crippen molar-refractivity contribution >= 4 is 27.8 Å². The van der Waals surface area contributed by atoms with Crippen molar-refractivity contribution in [3.63, 3.8) is 0 Å². The van der Waals surface area contributed by atoms with Crippen LogP contribution < -0.4 is 23.9 Å². The number of methoxy groups -OCH3 is 1. The summed E-state index contributed by atoms with van der Waals surface area (Å²) in [5.74, 6) is 1.12. The minimum absolute atomic E-state index is 0.0299. The lowest BCUT2D eigenvalue weighted by Crippen LogP contribution is -2.39. The van der Waals surface area contributed by atoms with E-state index in [4.69, 9.17) is 14.2 Å². The predicted molar refractivity (Wildman–Crippen MR) is 143 cm³/mol. The van der Waals surface area contributed by atoms with Gasteiger partial charge in [-0.05, 0) is 73.5 Å². The van der Waals surface area contributed by atoms with E-state index in [1.165, 1.54) is 25.5 Å². The maximum absolute atomic E-state index is 13.4. The number of nitrogens with one attached hydrogen (secondary N) is 1. The van der Waals surface area contributed by atoms with Crippen LogP contribution in [0.2, 0.25) is 0 Å². The fraction of sp³-hybridized carbons (Fsp3) is 0.259. The molecule has 0 fully saturated rings. The molecular formula is C27H31N3O6S. The molecule has 0 bridgehead atoms. The number of anilines is 1. The second-order valence-electron chi connectivity index (χ2n) is 7.80. The molecule has 0 aliphatic heterocycles. The molecule has 0 atom stereocenters. The average molecular weight is 526 g/mol. The van der Waals surface area contributed by atoms with Crippen molar-refractivity contribution in [1.29, 1.82) is 0 Å². The molecular weight excluding hydrogens is 494 g/mol. The Morgan fingerprint density at radius 2 is 1.70 bits per heavy atom. The van der Waals surface area contributed by atoms with Gasteiger partial charge in [0.2, 0.25) is 0 Å². The smallest absolute Gasteiger partial charge is 0.264 e. The van der Waals surface area contributed by atoms with E-state index in [0.29, 0.717) is 41.7 Å². The fourth-order valence-electron chi connectivity index (χ4n) is 3.33. The van der Waals surface area contributed by atoms with Crippen LogP contribution in [0, 0.1) is 0 Å². The highest BCUT2D eigenvalue weighted by molar-refractivity contribution is 7.92. The van der Waals surface area contributed by atoms with Crippen molar-refractivity contribution < 1.29 is 27.4 Å². The summed E-state index contributed by atoms with van der Waals surface area (Å²) in [6.07, 6.45) is 2.32. The molecule has 3 rings (SSSR count). The summed E-state index contributed by atoms with van der Waals surface area (Å²) in [7, 11) is -2.54. The van der Waals surface area contributed by atoms with E-state index in [2.05, 4.69) is 10.5 Å². The Labute approximate surface area is 217 Å². The molecule has 0 saturated carbocycles. The lowest BCUT2D eigenvalue weighted by Gasteiger charge is -2.23. The molecule has 1 N–H and O–H groups in total. The first kappa shape index (κ1) is 27.5. The minimum Gasteiger partial charge on any atom is -0.497 e. The third-order valence-electron chi connectivity index (χ3n) is 5.11. The van der Waals surface area contributed by atoms with Crippen LogP contribution in [0.15, 0.2) is 82.8 Å². The van der Waals surface area contributed by atoms with Gasteiger partial charge in [-0.25, -0.2) is 13.8 Å². The van der Waals surface area contributed by atoms with E-state index in [1.54, 1.807) is 60.7 Å². The van der Waals surface area contributed by atoms with Crippen LogP contribution in [0.3, 0.4) is 0 Å². The Morgan fingerprint density at radius 1 is 0.973 bits per heavy atom. The normalized spacial score (nSPS) is 11.2. The molecule has 9 nitrogen and oxygen atoms in total. The Balaban J connectivity index is 1.76. The number of nitrogens with zero attached hydrogens (tertiary/aromatic N) is 2. The van der Waals surface area contributed by atoms with Gasteiger partial charge in [0.1, 0.15) is 12.3 Å². The van der Waals surface area contributed by atoms with Crippen LogP contribution in [0.1, 0.15) is 25.8 Å². The molecule has 196 valence electrons. The number of hydrogen-bond acceptors (Lipinski definition) is 7. The zero-order valence-electron chi connectivity index (χ0n) is 21.1. The molecule has 0 saturated heterocycles. The lowest BCUT2D eigenvalue weighted by atomic mass is 10.2. The molecule has 0 aromatic heterocycles. The van der Waals surface area contributed by atoms with Gasteiger partial charge in [0.15, 0.2) is 11.5 Å².